The van der Waals surface area contributed by atoms with Crippen LogP contribution in [0, 0.1) is 11.6 Å². The minimum atomic E-state index is -4.66. The van der Waals surface area contributed by atoms with E-state index < -0.39 is 49.0 Å². The van der Waals surface area contributed by atoms with Crippen molar-refractivity contribution in [1.29, 1.82) is 0 Å². The summed E-state index contributed by atoms with van der Waals surface area (Å²) in [7, 11) is -4.66. The van der Waals surface area contributed by atoms with Gasteiger partial charge in [0.25, 0.3) is 10.0 Å². The second-order valence-electron chi connectivity index (χ2n) is 7.06. The first-order chi connectivity index (χ1) is 15.7. The van der Waals surface area contributed by atoms with Gasteiger partial charge in [-0.15, -0.1) is 0 Å². The molecule has 11 heteroatoms. The monoisotopic (exact) mass is 495 g/mol. The summed E-state index contributed by atoms with van der Waals surface area (Å²) >= 11 is 5.90. The van der Waals surface area contributed by atoms with Crippen molar-refractivity contribution < 1.29 is 36.6 Å². The van der Waals surface area contributed by atoms with Crippen LogP contribution in [0.4, 0.5) is 14.5 Å². The van der Waals surface area contributed by atoms with E-state index >= 15 is 0 Å². The highest BCUT2D eigenvalue weighted by Gasteiger charge is 2.26. The molecule has 0 atom stereocenters. The number of carbonyl (C=O) groups is 1. The molecule has 0 saturated heterocycles. The second-order valence-corrected chi connectivity index (χ2v) is 9.11. The number of nitrogens with one attached hydrogen (secondary N) is 1. The molecule has 4 bridgehead atoms. The smallest absolute Gasteiger partial charge is 0.338 e. The number of phenolic OH excluding ortho intramolecular Hbond substituents is 1. The minimum Gasteiger partial charge on any atom is -0.505 e. The Morgan fingerprint density at radius 1 is 0.970 bits per heavy atom. The number of rotatable bonds is 0. The van der Waals surface area contributed by atoms with Gasteiger partial charge in [-0.1, -0.05) is 29.8 Å². The van der Waals surface area contributed by atoms with Crippen LogP contribution in [0.1, 0.15) is 16.8 Å². The number of esters is 1. The molecule has 0 fully saturated rings. The number of hydrogen-bond acceptors (Lipinski definition) is 6. The van der Waals surface area contributed by atoms with E-state index in [-0.39, 0.29) is 42.1 Å². The number of cyclic esters (lactones) is 1. The molecule has 3 aromatic carbocycles. The standard InChI is InChI=1S/C22H16ClF2NO6S/c23-15-8-12-9-20(21(15)27)33(29,30)26-18-10-14(16(24)11-17(18)25)13-4-1-2-5-19(13)31-6-3-7-32-22(12)28/h1-2,4-5,8-11,26-27H,3,6-7H2. The van der Waals surface area contributed by atoms with E-state index in [0.29, 0.717) is 6.07 Å². The lowest BCUT2D eigenvalue weighted by molar-refractivity contribution is 0.0485. The zero-order valence-electron chi connectivity index (χ0n) is 16.8. The number of benzene rings is 3. The molecule has 3 aromatic rings. The van der Waals surface area contributed by atoms with Crippen molar-refractivity contribution in [1.82, 2.24) is 0 Å². The largest absolute Gasteiger partial charge is 0.505 e. The van der Waals surface area contributed by atoms with Gasteiger partial charge in [0.15, 0.2) is 5.75 Å². The maximum Gasteiger partial charge on any atom is 0.338 e. The Labute approximate surface area is 192 Å². The van der Waals surface area contributed by atoms with E-state index in [0.717, 1.165) is 18.2 Å². The molecule has 1 aliphatic rings. The van der Waals surface area contributed by atoms with E-state index in [1.54, 1.807) is 18.2 Å². The normalized spacial score (nSPS) is 15.5. The van der Waals surface area contributed by atoms with E-state index in [1.807, 2.05) is 4.72 Å². The van der Waals surface area contributed by atoms with Crippen molar-refractivity contribution in [2.45, 2.75) is 11.3 Å². The number of halogens is 3. The Morgan fingerprint density at radius 2 is 1.70 bits per heavy atom. The number of fused-ring (bicyclic) bond motifs is 6. The predicted molar refractivity (Wildman–Crippen MR) is 116 cm³/mol. The third-order valence-corrected chi connectivity index (χ3v) is 6.48. The van der Waals surface area contributed by atoms with Crippen LogP contribution in [0.3, 0.4) is 0 Å². The molecule has 1 aliphatic heterocycles. The van der Waals surface area contributed by atoms with Crippen LogP contribution >= 0.6 is 11.6 Å². The second kappa shape index (κ2) is 8.87. The highest BCUT2D eigenvalue weighted by Crippen LogP contribution is 2.37. The number of hydrogen-bond donors (Lipinski definition) is 2. The molecule has 0 unspecified atom stereocenters. The van der Waals surface area contributed by atoms with Gasteiger partial charge in [-0.2, -0.15) is 0 Å². The summed E-state index contributed by atoms with van der Waals surface area (Å²) in [5.74, 6) is -3.58. The Bertz CT molecular complexity index is 1360. The predicted octanol–water partition coefficient (Wildman–Crippen LogP) is 4.73. The van der Waals surface area contributed by atoms with Crippen LogP contribution in [0.25, 0.3) is 11.1 Å². The number of para-hydroxylation sites is 1. The van der Waals surface area contributed by atoms with Crippen molar-refractivity contribution in [3.05, 3.63) is 70.8 Å². The molecular formula is C22H16ClF2NO6S. The number of anilines is 1. The molecule has 7 nitrogen and oxygen atoms in total. The Morgan fingerprint density at radius 3 is 2.48 bits per heavy atom. The first-order valence-electron chi connectivity index (χ1n) is 9.61. The number of ether oxygens (including phenoxy) is 2. The van der Waals surface area contributed by atoms with Gasteiger partial charge in [0.2, 0.25) is 0 Å². The molecule has 33 heavy (non-hydrogen) atoms. The molecule has 0 aromatic heterocycles. The lowest BCUT2D eigenvalue weighted by Gasteiger charge is -2.16. The molecule has 4 rings (SSSR count). The van der Waals surface area contributed by atoms with Crippen LogP contribution in [0.15, 0.2) is 53.4 Å². The maximum absolute atomic E-state index is 14.7. The Hall–Kier alpha value is -3.37. The third kappa shape index (κ3) is 4.57. The first-order valence-corrected chi connectivity index (χ1v) is 11.5. The fraction of sp³-hybridized carbons (Fsp3) is 0.136. The summed E-state index contributed by atoms with van der Waals surface area (Å²) in [5.41, 5.74) is -0.680. The number of phenols is 1. The van der Waals surface area contributed by atoms with Gasteiger partial charge in [0, 0.05) is 23.6 Å². The highest BCUT2D eigenvalue weighted by molar-refractivity contribution is 7.92. The van der Waals surface area contributed by atoms with Gasteiger partial charge in [-0.3, -0.25) is 4.72 Å². The lowest BCUT2D eigenvalue weighted by atomic mass is 10.0. The van der Waals surface area contributed by atoms with Gasteiger partial charge >= 0.3 is 5.97 Å². The van der Waals surface area contributed by atoms with Gasteiger partial charge in [-0.25, -0.2) is 22.0 Å². The topological polar surface area (TPSA) is 102 Å². The summed E-state index contributed by atoms with van der Waals surface area (Å²) in [5, 5.41) is 9.78. The molecule has 0 amide bonds. The Kier molecular flexibility index (Phi) is 6.13. The zero-order valence-corrected chi connectivity index (χ0v) is 18.3. The average Bonchev–Trinajstić information content (AvgIpc) is 2.76. The van der Waals surface area contributed by atoms with Crippen molar-refractivity contribution >= 4 is 33.3 Å². The van der Waals surface area contributed by atoms with Gasteiger partial charge < -0.3 is 14.6 Å². The minimum absolute atomic E-state index is 0.0606. The van der Waals surface area contributed by atoms with Gasteiger partial charge in [0.1, 0.15) is 22.3 Å². The van der Waals surface area contributed by atoms with E-state index in [9.17, 15) is 27.1 Å². The van der Waals surface area contributed by atoms with Crippen molar-refractivity contribution in [3.63, 3.8) is 0 Å². The maximum atomic E-state index is 14.7. The molecule has 1 heterocycles. The van der Waals surface area contributed by atoms with E-state index in [4.69, 9.17) is 21.1 Å². The van der Waals surface area contributed by atoms with Crippen molar-refractivity contribution in [2.24, 2.45) is 0 Å². The van der Waals surface area contributed by atoms with E-state index in [1.165, 1.54) is 6.07 Å². The van der Waals surface area contributed by atoms with Crippen molar-refractivity contribution in [3.8, 4) is 22.6 Å². The molecular weight excluding hydrogens is 480 g/mol. The molecule has 172 valence electrons. The van der Waals surface area contributed by atoms with Crippen LogP contribution in [-0.4, -0.2) is 32.7 Å². The van der Waals surface area contributed by atoms with Crippen LogP contribution < -0.4 is 9.46 Å². The summed E-state index contributed by atoms with van der Waals surface area (Å²) < 4.78 is 67.9. The van der Waals surface area contributed by atoms with Gasteiger partial charge in [0.05, 0.1) is 29.5 Å². The fourth-order valence-electron chi connectivity index (χ4n) is 3.23. The molecule has 0 saturated carbocycles. The summed E-state index contributed by atoms with van der Waals surface area (Å²) in [6, 6.07) is 9.78. The number of aromatic hydroxyl groups is 1. The number of sulfonamides is 1. The molecule has 0 aliphatic carbocycles. The van der Waals surface area contributed by atoms with Crippen LogP contribution in [0.5, 0.6) is 11.5 Å². The summed E-state index contributed by atoms with van der Waals surface area (Å²) in [4.78, 5) is 11.6. The van der Waals surface area contributed by atoms with Crippen LogP contribution in [0.2, 0.25) is 5.02 Å². The summed E-state index contributed by atoms with van der Waals surface area (Å²) in [6.07, 6.45) is 0.274. The van der Waals surface area contributed by atoms with Gasteiger partial charge in [-0.05, 0) is 24.3 Å². The number of carbonyl (C=O) groups excluding carboxylic acids is 1. The Balaban J connectivity index is 1.91. The SMILES string of the molecule is O=C1OCCCOc2ccccc2-c2cc(c(F)cc2F)NS(=O)(=O)c2cc1cc(Cl)c2O. The highest BCUT2D eigenvalue weighted by atomic mass is 35.5. The van der Waals surface area contributed by atoms with Crippen LogP contribution in [-0.2, 0) is 14.8 Å². The molecule has 0 radical (unpaired) electrons. The van der Waals surface area contributed by atoms with E-state index in [2.05, 4.69) is 0 Å². The zero-order chi connectivity index (χ0) is 23.8. The average molecular weight is 496 g/mol. The first kappa shape index (κ1) is 22.8. The lowest BCUT2D eigenvalue weighted by Crippen LogP contribution is -2.16. The fourth-order valence-corrected chi connectivity index (χ4v) is 4.71. The summed E-state index contributed by atoms with van der Waals surface area (Å²) in [6.45, 7) is 0.0586. The third-order valence-electron chi connectivity index (χ3n) is 4.81. The quantitative estimate of drug-likeness (QED) is 0.437. The molecule has 2 N–H and O–H groups in total. The van der Waals surface area contributed by atoms with Crippen molar-refractivity contribution in [2.75, 3.05) is 17.9 Å². The molecule has 0 spiro atoms.